The predicted octanol–water partition coefficient (Wildman–Crippen LogP) is 7.57. The number of phenols is 1. The van der Waals surface area contributed by atoms with Gasteiger partial charge >= 0.3 is 5.97 Å². The summed E-state index contributed by atoms with van der Waals surface area (Å²) in [5.74, 6) is -5.44. The van der Waals surface area contributed by atoms with Gasteiger partial charge in [-0.2, -0.15) is 5.10 Å². The van der Waals surface area contributed by atoms with E-state index in [1.165, 1.54) is 9.80 Å². The van der Waals surface area contributed by atoms with Gasteiger partial charge < -0.3 is 10.2 Å². The van der Waals surface area contributed by atoms with Crippen LogP contribution < -0.4 is 4.90 Å². The molecule has 0 bridgehead atoms. The Morgan fingerprint density at radius 2 is 1.86 bits per heavy atom. The number of allylic oxidation sites excluding steroid dienone is 3. The Balaban J connectivity index is 1.19. The van der Waals surface area contributed by atoms with Crippen LogP contribution in [0.2, 0.25) is 5.02 Å². The van der Waals surface area contributed by atoms with Crippen molar-refractivity contribution in [2.45, 2.75) is 64.7 Å². The second kappa shape index (κ2) is 14.1. The summed E-state index contributed by atoms with van der Waals surface area (Å²) in [5.41, 5.74) is 2.16. The zero-order chi connectivity index (χ0) is 39.8. The number of carboxylic acids is 1. The third kappa shape index (κ3) is 5.74. The first kappa shape index (κ1) is 37.8. The minimum atomic E-state index is -1.35. The highest BCUT2D eigenvalue weighted by molar-refractivity contribution is 7.22. The molecule has 4 aliphatic rings. The average Bonchev–Trinajstić information content (AvgIpc) is 3.83. The molecule has 0 radical (unpaired) electrons. The van der Waals surface area contributed by atoms with Gasteiger partial charge in [-0.15, -0.1) is 17.9 Å². The van der Waals surface area contributed by atoms with Crippen molar-refractivity contribution in [2.75, 3.05) is 11.4 Å². The van der Waals surface area contributed by atoms with E-state index in [4.69, 9.17) is 21.8 Å². The first-order valence-corrected chi connectivity index (χ1v) is 20.3. The quantitative estimate of drug-likeness (QED) is 0.0897. The number of aromatic nitrogens is 2. The van der Waals surface area contributed by atoms with Gasteiger partial charge in [0.05, 0.1) is 28.0 Å². The number of hydrogen-bond acceptors (Lipinski definition) is 8. The fourth-order valence-electron chi connectivity index (χ4n) is 9.97. The number of phenolic OH excluding ortho intramolecular Hbond substituents is 1. The number of carbonyl (C=O) groups excluding carboxylic acids is 4. The van der Waals surface area contributed by atoms with E-state index in [1.54, 1.807) is 54.3 Å². The molecule has 2 N–H and O–H groups in total. The third-order valence-corrected chi connectivity index (χ3v) is 14.2. The van der Waals surface area contributed by atoms with Gasteiger partial charge in [0.2, 0.25) is 23.6 Å². The molecule has 2 aromatic carbocycles. The number of aliphatic carboxylic acids is 1. The van der Waals surface area contributed by atoms with E-state index in [9.17, 15) is 24.3 Å². The van der Waals surface area contributed by atoms with Gasteiger partial charge in [0.1, 0.15) is 17.3 Å². The molecule has 4 amide bonds. The molecule has 0 spiro atoms. The Hall–Kier alpha value is -5.07. The fourth-order valence-corrected chi connectivity index (χ4v) is 11.3. The molecule has 6 unspecified atom stereocenters. The molecular formula is C43H43ClN4O7S. The number of unbranched alkanes of at least 4 members (excludes halogenated alkanes) is 2. The Morgan fingerprint density at radius 1 is 1.07 bits per heavy atom. The molecule has 4 aromatic rings. The van der Waals surface area contributed by atoms with Gasteiger partial charge in [-0.1, -0.05) is 53.9 Å². The summed E-state index contributed by atoms with van der Waals surface area (Å²) in [6, 6.07) is 12.9. The van der Waals surface area contributed by atoms with Gasteiger partial charge in [0.15, 0.2) is 0 Å². The Kier molecular flexibility index (Phi) is 9.56. The normalized spacial score (nSPS) is 25.8. The van der Waals surface area contributed by atoms with Crippen LogP contribution in [0, 0.1) is 36.0 Å². The number of benzene rings is 2. The topological polar surface area (TPSA) is 150 Å². The zero-order valence-corrected chi connectivity index (χ0v) is 33.0. The summed E-state index contributed by atoms with van der Waals surface area (Å²) < 4.78 is 2.59. The van der Waals surface area contributed by atoms with Crippen LogP contribution in [0.1, 0.15) is 68.1 Å². The van der Waals surface area contributed by atoms with Crippen LogP contribution in [0.4, 0.5) is 5.82 Å². The van der Waals surface area contributed by atoms with E-state index in [2.05, 4.69) is 6.58 Å². The molecule has 8 rings (SSSR count). The Bertz CT molecular complexity index is 2400. The number of rotatable bonds is 11. The van der Waals surface area contributed by atoms with Crippen LogP contribution >= 0.6 is 22.9 Å². The van der Waals surface area contributed by atoms with Crippen LogP contribution in [0.25, 0.3) is 20.7 Å². The second-order valence-corrected chi connectivity index (χ2v) is 17.2. The number of aryl methyl sites for hydroxylation is 2. The number of aromatic hydroxyl groups is 1. The number of anilines is 1. The van der Waals surface area contributed by atoms with E-state index >= 15 is 4.79 Å². The highest BCUT2D eigenvalue weighted by Crippen LogP contribution is 2.64. The summed E-state index contributed by atoms with van der Waals surface area (Å²) in [5, 5.41) is 27.3. The van der Waals surface area contributed by atoms with Gasteiger partial charge in [-0.05, 0) is 86.6 Å². The van der Waals surface area contributed by atoms with Crippen molar-refractivity contribution in [3.63, 3.8) is 0 Å². The van der Waals surface area contributed by atoms with Crippen molar-refractivity contribution in [2.24, 2.45) is 36.1 Å². The molecule has 1 saturated carbocycles. The summed E-state index contributed by atoms with van der Waals surface area (Å²) >= 11 is 7.87. The number of imide groups is 2. The molecule has 3 fully saturated rings. The van der Waals surface area contributed by atoms with Crippen molar-refractivity contribution in [1.82, 2.24) is 14.7 Å². The maximum atomic E-state index is 15.2. The number of para-hydroxylation sites is 1. The summed E-state index contributed by atoms with van der Waals surface area (Å²) in [7, 11) is 1.71. The largest absolute Gasteiger partial charge is 0.507 e. The molecule has 2 aliphatic carbocycles. The van der Waals surface area contributed by atoms with E-state index in [0.717, 1.165) is 26.1 Å². The molecule has 6 atom stereocenters. The minimum Gasteiger partial charge on any atom is -0.507 e. The lowest BCUT2D eigenvalue weighted by atomic mass is 9.51. The zero-order valence-electron chi connectivity index (χ0n) is 31.5. The van der Waals surface area contributed by atoms with Crippen molar-refractivity contribution < 1.29 is 34.2 Å². The van der Waals surface area contributed by atoms with E-state index in [-0.39, 0.29) is 43.4 Å². The van der Waals surface area contributed by atoms with E-state index in [1.807, 2.05) is 37.3 Å². The van der Waals surface area contributed by atoms with Crippen LogP contribution in [0.15, 0.2) is 66.8 Å². The Morgan fingerprint density at radius 3 is 2.61 bits per heavy atom. The van der Waals surface area contributed by atoms with Gasteiger partial charge in [-0.3, -0.25) is 33.6 Å². The lowest BCUT2D eigenvalue weighted by Gasteiger charge is -2.49. The second-order valence-electron chi connectivity index (χ2n) is 15.7. The number of carbonyl (C=O) groups is 5. The van der Waals surface area contributed by atoms with Crippen molar-refractivity contribution in [3.8, 4) is 16.3 Å². The Labute approximate surface area is 333 Å². The minimum absolute atomic E-state index is 0.0136. The van der Waals surface area contributed by atoms with E-state index < -0.39 is 52.8 Å². The lowest BCUT2D eigenvalue weighted by Crippen LogP contribution is -2.49. The molecule has 56 heavy (non-hydrogen) atoms. The van der Waals surface area contributed by atoms with Crippen molar-refractivity contribution >= 4 is 68.4 Å². The molecular weight excluding hydrogens is 752 g/mol. The highest BCUT2D eigenvalue weighted by atomic mass is 35.5. The van der Waals surface area contributed by atoms with Crippen molar-refractivity contribution in [3.05, 3.63) is 88.5 Å². The predicted molar refractivity (Wildman–Crippen MR) is 213 cm³/mol. The van der Waals surface area contributed by atoms with Crippen LogP contribution in [0.5, 0.6) is 5.75 Å². The number of nitrogens with zero attached hydrogens (tertiary/aromatic N) is 4. The number of hydrogen-bond donors (Lipinski definition) is 2. The molecule has 2 aliphatic heterocycles. The number of halogens is 1. The number of carboxylic acid groups (broad SMARTS) is 1. The molecule has 11 nitrogen and oxygen atoms in total. The van der Waals surface area contributed by atoms with E-state index in [0.29, 0.717) is 53.3 Å². The molecule has 290 valence electrons. The fraction of sp³-hybridized carbons (Fsp3) is 0.395. The van der Waals surface area contributed by atoms with Gasteiger partial charge in [-0.25, -0.2) is 4.90 Å². The standard InChI is InChI=1S/C43H43ClN4O7S/c1-5-10-23-11-9-12-27(37(23)51)36-25-15-16-26-35(41(54)47(39(26)52)18-8-6-7-13-34(49)50)29(25)20-30-40(53)48(42(55)43(30,36)3)33-21-31(45-46(33)4)38-22(2)28-19-24(44)14-17-32(28)56-38/h5,9,11-12,14-15,17,19,21,26,29-30,35-36,51H,1,6-8,10,13,16,18,20H2,2-4H3,(H,49,50). The smallest absolute Gasteiger partial charge is 0.303 e. The maximum Gasteiger partial charge on any atom is 0.303 e. The van der Waals surface area contributed by atoms with Crippen molar-refractivity contribution in [1.29, 1.82) is 0 Å². The number of likely N-dealkylation sites (tertiary alicyclic amines) is 1. The van der Waals surface area contributed by atoms with Gasteiger partial charge in [0, 0.05) is 47.3 Å². The molecule has 13 heteroatoms. The first-order chi connectivity index (χ1) is 26.8. The lowest BCUT2D eigenvalue weighted by molar-refractivity contribution is -0.141. The number of fused-ring (bicyclic) bond motifs is 5. The average molecular weight is 795 g/mol. The van der Waals surface area contributed by atoms with Crippen LogP contribution in [0.3, 0.4) is 0 Å². The van der Waals surface area contributed by atoms with Crippen LogP contribution in [-0.4, -0.2) is 61.0 Å². The monoisotopic (exact) mass is 794 g/mol. The molecule has 2 aromatic heterocycles. The maximum absolute atomic E-state index is 15.2. The summed E-state index contributed by atoms with van der Waals surface area (Å²) in [6.45, 7) is 7.84. The SMILES string of the molecule is C=CCc1cccc(C2C3=CCC4C(=O)N(CCCCCC(=O)O)C(=O)C4C3CC3C(=O)N(c4cc(-c5sc6ccc(Cl)cc6c5C)nn4C)C(=O)C32C)c1O. The first-order valence-electron chi connectivity index (χ1n) is 19.1. The van der Waals surface area contributed by atoms with Gasteiger partial charge in [0.25, 0.3) is 0 Å². The molecule has 2 saturated heterocycles. The molecule has 4 heterocycles. The highest BCUT2D eigenvalue weighted by Gasteiger charge is 2.68. The summed E-state index contributed by atoms with van der Waals surface area (Å²) in [4.78, 5) is 72.6. The third-order valence-electron chi connectivity index (χ3n) is 12.7. The van der Waals surface area contributed by atoms with Crippen LogP contribution in [-0.2, 0) is 37.4 Å². The summed E-state index contributed by atoms with van der Waals surface area (Å²) in [6.07, 6.45) is 6.04. The number of thiophene rings is 1. The number of amides is 4.